The van der Waals surface area contributed by atoms with Gasteiger partial charge in [-0.3, -0.25) is 4.79 Å². The summed E-state index contributed by atoms with van der Waals surface area (Å²) >= 11 is 0. The molecule has 0 aromatic heterocycles. The fraction of sp³-hybridized carbons (Fsp3) is 0.864. The number of carbonyl (C=O) groups is 1. The third-order valence-electron chi connectivity index (χ3n) is 9.76. The number of aliphatic hydroxyl groups is 1. The Labute approximate surface area is 146 Å². The molecule has 24 heavy (non-hydrogen) atoms. The number of allylic oxidation sites excluding steroid dienone is 1. The first-order chi connectivity index (χ1) is 11.4. The summed E-state index contributed by atoms with van der Waals surface area (Å²) in [7, 11) is 0. The van der Waals surface area contributed by atoms with Crippen molar-refractivity contribution in [1.29, 1.82) is 0 Å². The van der Waals surface area contributed by atoms with Crippen LogP contribution in [0.1, 0.15) is 78.1 Å². The minimum absolute atomic E-state index is 0.0658. The number of fused-ring (bicyclic) bond motifs is 6. The summed E-state index contributed by atoms with van der Waals surface area (Å²) in [5, 5.41) is 10.1. The van der Waals surface area contributed by atoms with Crippen LogP contribution in [0.2, 0.25) is 0 Å². The van der Waals surface area contributed by atoms with Crippen LogP contribution in [-0.4, -0.2) is 17.0 Å². The molecular formula is C22H32O2. The topological polar surface area (TPSA) is 37.3 Å². The largest absolute Gasteiger partial charge is 0.393 e. The van der Waals surface area contributed by atoms with Gasteiger partial charge >= 0.3 is 0 Å². The zero-order valence-electron chi connectivity index (χ0n) is 15.3. The zero-order chi connectivity index (χ0) is 16.7. The predicted octanol–water partition coefficient (Wildman–Crippen LogP) is 4.66. The average Bonchev–Trinajstić information content (AvgIpc) is 2.89. The van der Waals surface area contributed by atoms with Gasteiger partial charge in [0.15, 0.2) is 0 Å². The highest BCUT2D eigenvalue weighted by Gasteiger charge is 2.68. The van der Waals surface area contributed by atoms with Gasteiger partial charge in [0, 0.05) is 11.8 Å². The van der Waals surface area contributed by atoms with Crippen molar-refractivity contribution in [2.75, 3.05) is 0 Å². The van der Waals surface area contributed by atoms with E-state index in [2.05, 4.69) is 19.9 Å². The van der Waals surface area contributed by atoms with Gasteiger partial charge in [-0.15, -0.1) is 0 Å². The lowest BCUT2D eigenvalue weighted by atomic mass is 9.43. The first-order valence-electron chi connectivity index (χ1n) is 10.3. The first-order valence-corrected chi connectivity index (χ1v) is 10.3. The van der Waals surface area contributed by atoms with Crippen molar-refractivity contribution in [2.24, 2.45) is 34.0 Å². The lowest BCUT2D eigenvalue weighted by molar-refractivity contribution is -0.156. The molecule has 0 aromatic rings. The minimum atomic E-state index is -0.114. The maximum absolute atomic E-state index is 12.6. The number of ketones is 1. The first kappa shape index (κ1) is 15.6. The second kappa shape index (κ2) is 4.75. The fourth-order valence-corrected chi connectivity index (χ4v) is 8.17. The second-order valence-corrected chi connectivity index (χ2v) is 10.2. The van der Waals surface area contributed by atoms with E-state index < -0.39 is 0 Å². The predicted molar refractivity (Wildman–Crippen MR) is 94.4 cm³/mol. The van der Waals surface area contributed by atoms with Crippen molar-refractivity contribution in [3.63, 3.8) is 0 Å². The van der Waals surface area contributed by atoms with Crippen LogP contribution in [0.4, 0.5) is 0 Å². The maximum atomic E-state index is 12.6. The SMILES string of the molecule is CC12CCC(O)CC1=CCC1C2CCC2(C)C1CCC21CCC1=O. The number of hydrogen-bond acceptors (Lipinski definition) is 2. The summed E-state index contributed by atoms with van der Waals surface area (Å²) in [6, 6.07) is 0. The number of carbonyl (C=O) groups excluding carboxylic acids is 1. The number of Topliss-reactive ketones (excluding diaryl/α,β-unsaturated/α-hetero) is 1. The van der Waals surface area contributed by atoms with E-state index >= 15 is 0 Å². The van der Waals surface area contributed by atoms with Gasteiger partial charge in [0.25, 0.3) is 0 Å². The van der Waals surface area contributed by atoms with Crippen LogP contribution < -0.4 is 0 Å². The molecule has 0 aliphatic heterocycles. The number of aliphatic hydroxyl groups excluding tert-OH is 1. The summed E-state index contributed by atoms with van der Waals surface area (Å²) in [4.78, 5) is 12.6. The van der Waals surface area contributed by atoms with Gasteiger partial charge < -0.3 is 5.11 Å². The molecule has 4 fully saturated rings. The molecule has 0 aromatic carbocycles. The van der Waals surface area contributed by atoms with E-state index in [4.69, 9.17) is 0 Å². The molecule has 5 aliphatic carbocycles. The Hall–Kier alpha value is -0.630. The van der Waals surface area contributed by atoms with Crippen molar-refractivity contribution in [2.45, 2.75) is 84.2 Å². The van der Waals surface area contributed by atoms with Crippen molar-refractivity contribution in [3.8, 4) is 0 Å². The minimum Gasteiger partial charge on any atom is -0.393 e. The van der Waals surface area contributed by atoms with Gasteiger partial charge in [-0.1, -0.05) is 25.5 Å². The summed E-state index contributed by atoms with van der Waals surface area (Å²) in [5.41, 5.74) is 2.22. The molecule has 132 valence electrons. The van der Waals surface area contributed by atoms with Gasteiger partial charge in [-0.25, -0.2) is 0 Å². The Morgan fingerprint density at radius 1 is 1.04 bits per heavy atom. The van der Waals surface area contributed by atoms with Crippen molar-refractivity contribution >= 4 is 5.78 Å². The van der Waals surface area contributed by atoms with Gasteiger partial charge in [0.1, 0.15) is 5.78 Å². The van der Waals surface area contributed by atoms with E-state index in [0.717, 1.165) is 43.4 Å². The van der Waals surface area contributed by atoms with E-state index in [1.165, 1.54) is 38.5 Å². The highest BCUT2D eigenvalue weighted by molar-refractivity contribution is 5.91. The standard InChI is InChI=1S/C22H32O2/c1-20-9-5-15(23)13-14(20)3-4-16-17(20)6-10-21(2)18(16)7-11-22(21)12-8-19(22)24/h3,15-18,23H,4-13H2,1-2H3. The highest BCUT2D eigenvalue weighted by atomic mass is 16.3. The van der Waals surface area contributed by atoms with E-state index in [1.807, 2.05) is 0 Å². The molecule has 0 amide bonds. The Morgan fingerprint density at radius 2 is 1.83 bits per heavy atom. The van der Waals surface area contributed by atoms with Gasteiger partial charge in [-0.2, -0.15) is 0 Å². The highest BCUT2D eigenvalue weighted by Crippen LogP contribution is 2.72. The van der Waals surface area contributed by atoms with Crippen LogP contribution in [0, 0.1) is 34.0 Å². The second-order valence-electron chi connectivity index (χ2n) is 10.2. The van der Waals surface area contributed by atoms with Crippen LogP contribution in [0.3, 0.4) is 0 Å². The Kier molecular flexibility index (Phi) is 3.09. The Balaban J connectivity index is 1.50. The smallest absolute Gasteiger partial charge is 0.139 e. The van der Waals surface area contributed by atoms with Crippen LogP contribution in [0.5, 0.6) is 0 Å². The van der Waals surface area contributed by atoms with Crippen molar-refractivity contribution in [1.82, 2.24) is 0 Å². The molecule has 5 rings (SSSR count). The van der Waals surface area contributed by atoms with Crippen LogP contribution >= 0.6 is 0 Å². The third-order valence-corrected chi connectivity index (χ3v) is 9.76. The average molecular weight is 328 g/mol. The van der Waals surface area contributed by atoms with Crippen molar-refractivity contribution in [3.05, 3.63) is 11.6 Å². The van der Waals surface area contributed by atoms with E-state index in [1.54, 1.807) is 5.57 Å². The van der Waals surface area contributed by atoms with E-state index in [9.17, 15) is 9.90 Å². The van der Waals surface area contributed by atoms with E-state index in [0.29, 0.717) is 11.2 Å². The van der Waals surface area contributed by atoms with Gasteiger partial charge in [-0.05, 0) is 86.4 Å². The summed E-state index contributed by atoms with van der Waals surface area (Å²) in [6.07, 6.45) is 13.7. The van der Waals surface area contributed by atoms with Crippen molar-refractivity contribution < 1.29 is 9.90 Å². The van der Waals surface area contributed by atoms with E-state index in [-0.39, 0.29) is 16.9 Å². The molecule has 0 saturated heterocycles. The van der Waals surface area contributed by atoms with Gasteiger partial charge in [0.2, 0.25) is 0 Å². The molecule has 7 unspecified atom stereocenters. The lowest BCUT2D eigenvalue weighted by Gasteiger charge is -2.61. The normalized spacial score (nSPS) is 56.1. The zero-order valence-corrected chi connectivity index (χ0v) is 15.3. The summed E-state index contributed by atoms with van der Waals surface area (Å²) < 4.78 is 0. The van der Waals surface area contributed by atoms with Crippen LogP contribution in [0.15, 0.2) is 11.6 Å². The molecule has 7 atom stereocenters. The summed E-state index contributed by atoms with van der Waals surface area (Å²) in [5.74, 6) is 2.90. The van der Waals surface area contributed by atoms with Gasteiger partial charge in [0.05, 0.1) is 6.10 Å². The molecule has 1 N–H and O–H groups in total. The number of rotatable bonds is 0. The maximum Gasteiger partial charge on any atom is 0.139 e. The Bertz CT molecular complexity index is 621. The Morgan fingerprint density at radius 3 is 2.54 bits per heavy atom. The third kappa shape index (κ3) is 1.65. The quantitative estimate of drug-likeness (QED) is 0.657. The molecule has 5 aliphatic rings. The fourth-order valence-electron chi connectivity index (χ4n) is 8.17. The summed E-state index contributed by atoms with van der Waals surface area (Å²) in [6.45, 7) is 4.97. The molecule has 0 bridgehead atoms. The molecule has 2 nitrogen and oxygen atoms in total. The molecule has 4 saturated carbocycles. The van der Waals surface area contributed by atoms with Crippen LogP contribution in [-0.2, 0) is 4.79 Å². The molecule has 0 radical (unpaired) electrons. The molecule has 2 heteroatoms. The molecular weight excluding hydrogens is 296 g/mol. The molecule has 0 heterocycles. The monoisotopic (exact) mass is 328 g/mol. The number of hydrogen-bond donors (Lipinski definition) is 1. The molecule has 1 spiro atoms. The lowest BCUT2D eigenvalue weighted by Crippen LogP contribution is -2.57. The van der Waals surface area contributed by atoms with Crippen LogP contribution in [0.25, 0.3) is 0 Å².